The van der Waals surface area contributed by atoms with Gasteiger partial charge in [0, 0.05) is 13.0 Å². The van der Waals surface area contributed by atoms with Crippen LogP contribution in [0.3, 0.4) is 0 Å². The zero-order valence-electron chi connectivity index (χ0n) is 11.7. The van der Waals surface area contributed by atoms with Gasteiger partial charge in [0.1, 0.15) is 0 Å². The lowest BCUT2D eigenvalue weighted by molar-refractivity contribution is -0.169. The summed E-state index contributed by atoms with van der Waals surface area (Å²) >= 11 is 0. The fraction of sp³-hybridized carbons (Fsp3) is 1.00. The quantitative estimate of drug-likeness (QED) is 0.812. The molecule has 18 heavy (non-hydrogen) atoms. The van der Waals surface area contributed by atoms with Gasteiger partial charge in [0.15, 0.2) is 5.79 Å². The van der Waals surface area contributed by atoms with Crippen molar-refractivity contribution < 1.29 is 14.6 Å². The van der Waals surface area contributed by atoms with Crippen LogP contribution in [0.5, 0.6) is 0 Å². The van der Waals surface area contributed by atoms with E-state index in [0.29, 0.717) is 18.9 Å². The van der Waals surface area contributed by atoms with E-state index in [0.717, 1.165) is 13.0 Å². The fourth-order valence-corrected chi connectivity index (χ4v) is 3.11. The van der Waals surface area contributed by atoms with Crippen LogP contribution in [0.4, 0.5) is 0 Å². The molecule has 0 spiro atoms. The van der Waals surface area contributed by atoms with E-state index >= 15 is 0 Å². The predicted octanol–water partition coefficient (Wildman–Crippen LogP) is 1.62. The molecule has 2 aliphatic heterocycles. The summed E-state index contributed by atoms with van der Waals surface area (Å²) in [5.74, 6) is 0.296. The number of aliphatic hydroxyl groups is 1. The second kappa shape index (κ2) is 6.33. The van der Waals surface area contributed by atoms with E-state index < -0.39 is 5.79 Å². The predicted molar refractivity (Wildman–Crippen MR) is 70.4 cm³/mol. The minimum Gasteiger partial charge on any atom is -0.396 e. The molecule has 4 nitrogen and oxygen atoms in total. The number of piperidine rings is 1. The lowest BCUT2D eigenvalue weighted by Gasteiger charge is -2.35. The van der Waals surface area contributed by atoms with E-state index in [1.165, 1.54) is 25.9 Å². The van der Waals surface area contributed by atoms with Crippen LogP contribution in [-0.4, -0.2) is 54.7 Å². The van der Waals surface area contributed by atoms with Gasteiger partial charge in [-0.1, -0.05) is 6.92 Å². The average Bonchev–Trinajstić information content (AvgIpc) is 2.72. The molecule has 106 valence electrons. The maximum Gasteiger partial charge on any atom is 0.166 e. The zero-order valence-corrected chi connectivity index (χ0v) is 11.7. The summed E-state index contributed by atoms with van der Waals surface area (Å²) in [5, 5.41) is 8.93. The molecule has 2 saturated heterocycles. The van der Waals surface area contributed by atoms with E-state index in [1.54, 1.807) is 0 Å². The first-order valence-corrected chi connectivity index (χ1v) is 7.30. The molecule has 2 atom stereocenters. The monoisotopic (exact) mass is 257 g/mol. The summed E-state index contributed by atoms with van der Waals surface area (Å²) in [6, 6.07) is 0. The molecule has 2 aliphatic rings. The van der Waals surface area contributed by atoms with Crippen molar-refractivity contribution in [3.05, 3.63) is 0 Å². The van der Waals surface area contributed by atoms with Gasteiger partial charge in [0.25, 0.3) is 0 Å². The lowest BCUT2D eigenvalue weighted by atomic mass is 9.90. The Bertz CT molecular complexity index is 253. The number of hydrogen-bond donors (Lipinski definition) is 1. The van der Waals surface area contributed by atoms with E-state index in [-0.39, 0.29) is 12.7 Å². The average molecular weight is 257 g/mol. The highest BCUT2D eigenvalue weighted by Gasteiger charge is 2.39. The SMILES string of the molecule is CCN1CCC(CC2(C)OCC(CCO)O2)CC1. The first-order chi connectivity index (χ1) is 8.65. The molecule has 0 bridgehead atoms. The van der Waals surface area contributed by atoms with Crippen molar-refractivity contribution in [3.8, 4) is 0 Å². The fourth-order valence-electron chi connectivity index (χ4n) is 3.11. The number of hydrogen-bond acceptors (Lipinski definition) is 4. The van der Waals surface area contributed by atoms with Crippen LogP contribution in [0.1, 0.15) is 39.5 Å². The van der Waals surface area contributed by atoms with Crippen molar-refractivity contribution in [1.29, 1.82) is 0 Å². The summed E-state index contributed by atoms with van der Waals surface area (Å²) < 4.78 is 11.8. The highest BCUT2D eigenvalue weighted by atomic mass is 16.7. The van der Waals surface area contributed by atoms with Crippen LogP contribution in [0.2, 0.25) is 0 Å². The van der Waals surface area contributed by atoms with E-state index in [4.69, 9.17) is 14.6 Å². The molecule has 2 rings (SSSR count). The molecule has 2 heterocycles. The van der Waals surface area contributed by atoms with Crippen LogP contribution in [0, 0.1) is 5.92 Å². The lowest BCUT2D eigenvalue weighted by Crippen LogP contribution is -2.37. The molecule has 0 aliphatic carbocycles. The molecule has 1 N–H and O–H groups in total. The molecular formula is C14H27NO3. The third-order valence-corrected chi connectivity index (χ3v) is 4.26. The van der Waals surface area contributed by atoms with Crippen LogP contribution in [-0.2, 0) is 9.47 Å². The Labute approximate surface area is 110 Å². The first kappa shape index (κ1) is 14.3. The standard InChI is InChI=1S/C14H27NO3/c1-3-15-7-4-12(5-8-15)10-14(2)17-11-13(18-14)6-9-16/h12-13,16H,3-11H2,1-2H3. The molecule has 0 amide bonds. The number of ether oxygens (including phenoxy) is 2. The highest BCUT2D eigenvalue weighted by Crippen LogP contribution is 2.34. The minimum atomic E-state index is -0.418. The minimum absolute atomic E-state index is 0.0794. The van der Waals surface area contributed by atoms with Crippen LogP contribution < -0.4 is 0 Å². The van der Waals surface area contributed by atoms with Crippen molar-refractivity contribution in [2.24, 2.45) is 5.92 Å². The van der Waals surface area contributed by atoms with Crippen LogP contribution in [0.25, 0.3) is 0 Å². The van der Waals surface area contributed by atoms with Crippen molar-refractivity contribution >= 4 is 0 Å². The number of aliphatic hydroxyl groups excluding tert-OH is 1. The van der Waals surface area contributed by atoms with Crippen molar-refractivity contribution in [1.82, 2.24) is 4.90 Å². The number of nitrogens with zero attached hydrogens (tertiary/aromatic N) is 1. The Morgan fingerprint density at radius 2 is 2.06 bits per heavy atom. The van der Waals surface area contributed by atoms with E-state index in [1.807, 2.05) is 0 Å². The molecule has 4 heteroatoms. The molecule has 2 fully saturated rings. The van der Waals surface area contributed by atoms with Gasteiger partial charge in [0.2, 0.25) is 0 Å². The van der Waals surface area contributed by atoms with E-state index in [2.05, 4.69) is 18.7 Å². The smallest absolute Gasteiger partial charge is 0.166 e. The van der Waals surface area contributed by atoms with E-state index in [9.17, 15) is 0 Å². The molecule has 0 radical (unpaired) electrons. The Morgan fingerprint density at radius 1 is 1.33 bits per heavy atom. The van der Waals surface area contributed by atoms with Gasteiger partial charge in [-0.15, -0.1) is 0 Å². The Morgan fingerprint density at radius 3 is 2.67 bits per heavy atom. The second-order valence-electron chi connectivity index (χ2n) is 5.78. The summed E-state index contributed by atoms with van der Waals surface area (Å²) in [6.45, 7) is 8.66. The van der Waals surface area contributed by atoms with Gasteiger partial charge < -0.3 is 19.5 Å². The van der Waals surface area contributed by atoms with Gasteiger partial charge in [-0.2, -0.15) is 0 Å². The Hall–Kier alpha value is -0.160. The Balaban J connectivity index is 1.76. The molecule has 0 aromatic heterocycles. The first-order valence-electron chi connectivity index (χ1n) is 7.30. The summed E-state index contributed by atoms with van der Waals surface area (Å²) in [4.78, 5) is 2.50. The largest absolute Gasteiger partial charge is 0.396 e. The maximum atomic E-state index is 8.93. The summed E-state index contributed by atoms with van der Waals surface area (Å²) in [6.07, 6.45) is 4.26. The zero-order chi connectivity index (χ0) is 13.0. The molecule has 2 unspecified atom stereocenters. The van der Waals surface area contributed by atoms with Gasteiger partial charge in [-0.3, -0.25) is 0 Å². The second-order valence-corrected chi connectivity index (χ2v) is 5.78. The molecule has 0 aromatic carbocycles. The normalized spacial score (nSPS) is 35.2. The van der Waals surface area contributed by atoms with Crippen molar-refractivity contribution in [3.63, 3.8) is 0 Å². The van der Waals surface area contributed by atoms with Crippen LogP contribution in [0.15, 0.2) is 0 Å². The van der Waals surface area contributed by atoms with Gasteiger partial charge >= 0.3 is 0 Å². The maximum absolute atomic E-state index is 8.93. The molecule has 0 saturated carbocycles. The summed E-state index contributed by atoms with van der Waals surface area (Å²) in [5.41, 5.74) is 0. The summed E-state index contributed by atoms with van der Waals surface area (Å²) in [7, 11) is 0. The van der Waals surface area contributed by atoms with Crippen molar-refractivity contribution in [2.75, 3.05) is 32.8 Å². The topological polar surface area (TPSA) is 41.9 Å². The number of likely N-dealkylation sites (tertiary alicyclic amines) is 1. The van der Waals surface area contributed by atoms with Gasteiger partial charge in [-0.25, -0.2) is 0 Å². The molecule has 0 aromatic rings. The van der Waals surface area contributed by atoms with Crippen molar-refractivity contribution in [2.45, 2.75) is 51.4 Å². The third kappa shape index (κ3) is 3.67. The van der Waals surface area contributed by atoms with Gasteiger partial charge in [0.05, 0.1) is 12.7 Å². The number of rotatable bonds is 5. The Kier molecular flexibility index (Phi) is 5.01. The highest BCUT2D eigenvalue weighted by molar-refractivity contribution is 4.81. The van der Waals surface area contributed by atoms with Crippen LogP contribution >= 0.6 is 0 Å². The molecular weight excluding hydrogens is 230 g/mol. The third-order valence-electron chi connectivity index (χ3n) is 4.26. The van der Waals surface area contributed by atoms with Gasteiger partial charge in [-0.05, 0) is 51.7 Å².